The van der Waals surface area contributed by atoms with E-state index >= 15 is 0 Å². The molecule has 3 rings (SSSR count). The average molecular weight is 276 g/mol. The van der Waals surface area contributed by atoms with E-state index in [-0.39, 0.29) is 0 Å². The van der Waals surface area contributed by atoms with Crippen LogP contribution in [0.2, 0.25) is 0 Å². The molecule has 0 spiro atoms. The average Bonchev–Trinajstić information content (AvgIpc) is 2.52. The quantitative estimate of drug-likeness (QED) is 0.619. The van der Waals surface area contributed by atoms with Crippen molar-refractivity contribution in [3.63, 3.8) is 0 Å². The SMILES string of the molecule is Cc1ccccc1Oc1ccc(Oc2ccccc2)cc1. The largest absolute Gasteiger partial charge is 0.457 e. The molecule has 0 fully saturated rings. The van der Waals surface area contributed by atoms with Crippen LogP contribution in [0.3, 0.4) is 0 Å². The second-order valence-corrected chi connectivity index (χ2v) is 4.75. The number of hydrogen-bond donors (Lipinski definition) is 0. The molecule has 2 heteroatoms. The lowest BCUT2D eigenvalue weighted by Crippen LogP contribution is -1.88. The van der Waals surface area contributed by atoms with Crippen LogP contribution in [0.4, 0.5) is 0 Å². The van der Waals surface area contributed by atoms with Crippen LogP contribution in [0.5, 0.6) is 23.0 Å². The van der Waals surface area contributed by atoms with Crippen LogP contribution < -0.4 is 9.47 Å². The third-order valence-corrected chi connectivity index (χ3v) is 3.12. The van der Waals surface area contributed by atoms with Crippen molar-refractivity contribution in [1.82, 2.24) is 0 Å². The van der Waals surface area contributed by atoms with E-state index in [9.17, 15) is 0 Å². The lowest BCUT2D eigenvalue weighted by atomic mass is 10.2. The van der Waals surface area contributed by atoms with Gasteiger partial charge in [-0.3, -0.25) is 0 Å². The molecule has 0 N–H and O–H groups in total. The van der Waals surface area contributed by atoms with Crippen molar-refractivity contribution in [2.45, 2.75) is 6.92 Å². The molecule has 0 aromatic heterocycles. The van der Waals surface area contributed by atoms with Gasteiger partial charge in [0.25, 0.3) is 0 Å². The first kappa shape index (κ1) is 13.3. The highest BCUT2D eigenvalue weighted by Crippen LogP contribution is 2.28. The number of benzene rings is 3. The molecule has 0 heterocycles. The molecule has 0 atom stereocenters. The summed E-state index contributed by atoms with van der Waals surface area (Å²) in [5, 5.41) is 0. The Morgan fingerprint density at radius 1 is 0.524 bits per heavy atom. The smallest absolute Gasteiger partial charge is 0.130 e. The van der Waals surface area contributed by atoms with E-state index in [1.54, 1.807) is 0 Å². The number of ether oxygens (including phenoxy) is 2. The number of rotatable bonds is 4. The zero-order valence-electron chi connectivity index (χ0n) is 11.8. The second kappa shape index (κ2) is 6.14. The molecule has 3 aromatic carbocycles. The second-order valence-electron chi connectivity index (χ2n) is 4.75. The van der Waals surface area contributed by atoms with E-state index in [4.69, 9.17) is 9.47 Å². The van der Waals surface area contributed by atoms with E-state index < -0.39 is 0 Å². The maximum Gasteiger partial charge on any atom is 0.130 e. The Morgan fingerprint density at radius 2 is 1.05 bits per heavy atom. The van der Waals surface area contributed by atoms with Gasteiger partial charge in [-0.15, -0.1) is 0 Å². The molecule has 0 unspecified atom stereocenters. The lowest BCUT2D eigenvalue weighted by Gasteiger charge is -2.09. The third kappa shape index (κ3) is 3.42. The topological polar surface area (TPSA) is 18.5 Å². The Hall–Kier alpha value is -2.74. The van der Waals surface area contributed by atoms with Crippen LogP contribution in [0, 0.1) is 6.92 Å². The molecule has 0 saturated carbocycles. The zero-order chi connectivity index (χ0) is 14.5. The maximum absolute atomic E-state index is 5.86. The summed E-state index contributed by atoms with van der Waals surface area (Å²) < 4.78 is 11.6. The van der Waals surface area contributed by atoms with Gasteiger partial charge in [0.2, 0.25) is 0 Å². The zero-order valence-corrected chi connectivity index (χ0v) is 11.8. The summed E-state index contributed by atoms with van der Waals surface area (Å²) in [7, 11) is 0. The number of hydrogen-bond acceptors (Lipinski definition) is 2. The van der Waals surface area contributed by atoms with Crippen LogP contribution in [-0.4, -0.2) is 0 Å². The summed E-state index contributed by atoms with van der Waals surface area (Å²) in [5.74, 6) is 3.28. The normalized spacial score (nSPS) is 10.1. The fraction of sp³-hybridized carbons (Fsp3) is 0.0526. The van der Waals surface area contributed by atoms with Crippen molar-refractivity contribution in [1.29, 1.82) is 0 Å². The minimum Gasteiger partial charge on any atom is -0.457 e. The Kier molecular flexibility index (Phi) is 3.88. The minimum absolute atomic E-state index is 0.790. The molecular formula is C19H16O2. The lowest BCUT2D eigenvalue weighted by molar-refractivity contribution is 0.467. The van der Waals surface area contributed by atoms with E-state index in [2.05, 4.69) is 0 Å². The Balaban J connectivity index is 1.71. The molecule has 0 amide bonds. The summed E-state index contributed by atoms with van der Waals surface area (Å²) in [6, 6.07) is 25.3. The van der Waals surface area contributed by atoms with E-state index in [0.717, 1.165) is 28.6 Å². The molecule has 0 bridgehead atoms. The van der Waals surface area contributed by atoms with Gasteiger partial charge in [0.05, 0.1) is 0 Å². The Labute approximate surface area is 124 Å². The minimum atomic E-state index is 0.790. The molecule has 104 valence electrons. The first-order valence-corrected chi connectivity index (χ1v) is 6.88. The summed E-state index contributed by atoms with van der Waals surface area (Å²) in [6.07, 6.45) is 0. The van der Waals surface area contributed by atoms with E-state index in [0.29, 0.717) is 0 Å². The number of aryl methyl sites for hydroxylation is 1. The fourth-order valence-electron chi connectivity index (χ4n) is 2.00. The highest BCUT2D eigenvalue weighted by atomic mass is 16.5. The Morgan fingerprint density at radius 3 is 1.71 bits per heavy atom. The maximum atomic E-state index is 5.86. The van der Waals surface area contributed by atoms with Crippen molar-refractivity contribution in [3.8, 4) is 23.0 Å². The van der Waals surface area contributed by atoms with Crippen molar-refractivity contribution < 1.29 is 9.47 Å². The summed E-state index contributed by atoms with van der Waals surface area (Å²) in [5.41, 5.74) is 1.11. The molecule has 0 aliphatic carbocycles. The summed E-state index contributed by atoms with van der Waals surface area (Å²) >= 11 is 0. The standard InChI is InChI=1S/C19H16O2/c1-15-7-5-6-10-19(15)21-18-13-11-17(12-14-18)20-16-8-3-2-4-9-16/h2-14H,1H3. The van der Waals surface area contributed by atoms with Gasteiger partial charge in [-0.2, -0.15) is 0 Å². The number of para-hydroxylation sites is 2. The van der Waals surface area contributed by atoms with Gasteiger partial charge in [-0.05, 0) is 55.0 Å². The predicted molar refractivity (Wildman–Crippen MR) is 84.2 cm³/mol. The van der Waals surface area contributed by atoms with Gasteiger partial charge in [-0.25, -0.2) is 0 Å². The molecule has 0 saturated heterocycles. The molecule has 0 aliphatic rings. The van der Waals surface area contributed by atoms with Gasteiger partial charge in [0, 0.05) is 0 Å². The molecule has 3 aromatic rings. The van der Waals surface area contributed by atoms with Crippen molar-refractivity contribution >= 4 is 0 Å². The Bertz CT molecular complexity index is 703. The van der Waals surface area contributed by atoms with Gasteiger partial charge in [0.1, 0.15) is 23.0 Å². The first-order valence-electron chi connectivity index (χ1n) is 6.88. The molecule has 0 aliphatic heterocycles. The molecular weight excluding hydrogens is 260 g/mol. The summed E-state index contributed by atoms with van der Waals surface area (Å²) in [4.78, 5) is 0. The van der Waals surface area contributed by atoms with E-state index in [1.807, 2.05) is 85.8 Å². The van der Waals surface area contributed by atoms with Gasteiger partial charge in [-0.1, -0.05) is 36.4 Å². The van der Waals surface area contributed by atoms with Gasteiger partial charge < -0.3 is 9.47 Å². The van der Waals surface area contributed by atoms with Crippen molar-refractivity contribution in [2.75, 3.05) is 0 Å². The fourth-order valence-corrected chi connectivity index (χ4v) is 2.00. The predicted octanol–water partition coefficient (Wildman–Crippen LogP) is 5.58. The van der Waals surface area contributed by atoms with E-state index in [1.165, 1.54) is 0 Å². The van der Waals surface area contributed by atoms with Crippen LogP contribution >= 0.6 is 0 Å². The van der Waals surface area contributed by atoms with Gasteiger partial charge >= 0.3 is 0 Å². The monoisotopic (exact) mass is 276 g/mol. The highest BCUT2D eigenvalue weighted by molar-refractivity contribution is 5.40. The highest BCUT2D eigenvalue weighted by Gasteiger charge is 2.01. The van der Waals surface area contributed by atoms with Crippen molar-refractivity contribution in [2.24, 2.45) is 0 Å². The van der Waals surface area contributed by atoms with Crippen molar-refractivity contribution in [3.05, 3.63) is 84.4 Å². The summed E-state index contributed by atoms with van der Waals surface area (Å²) in [6.45, 7) is 2.03. The molecule has 2 nitrogen and oxygen atoms in total. The van der Waals surface area contributed by atoms with Gasteiger partial charge in [0.15, 0.2) is 0 Å². The van der Waals surface area contributed by atoms with Crippen LogP contribution in [0.25, 0.3) is 0 Å². The molecule has 0 radical (unpaired) electrons. The molecule has 21 heavy (non-hydrogen) atoms. The van der Waals surface area contributed by atoms with Crippen LogP contribution in [0.1, 0.15) is 5.56 Å². The van der Waals surface area contributed by atoms with Crippen LogP contribution in [0.15, 0.2) is 78.9 Å². The first-order chi connectivity index (χ1) is 10.3. The third-order valence-electron chi connectivity index (χ3n) is 3.12. The van der Waals surface area contributed by atoms with Crippen LogP contribution in [-0.2, 0) is 0 Å².